The molecule has 2 aromatic carbocycles. The first kappa shape index (κ1) is 24.0. The first-order chi connectivity index (χ1) is 15.6. The number of rotatable bonds is 11. The van der Waals surface area contributed by atoms with Crippen LogP contribution in [0.4, 0.5) is 0 Å². The van der Waals surface area contributed by atoms with Gasteiger partial charge in [0.2, 0.25) is 0 Å². The van der Waals surface area contributed by atoms with Crippen molar-refractivity contribution in [2.24, 2.45) is 5.73 Å². The molecule has 0 bridgehead atoms. The molecule has 0 radical (unpaired) electrons. The van der Waals surface area contributed by atoms with Crippen molar-refractivity contribution in [1.29, 1.82) is 0 Å². The van der Waals surface area contributed by atoms with E-state index in [4.69, 9.17) is 22.1 Å². The Balaban J connectivity index is 1.82. The number of hydrogen-bond donors (Lipinski definition) is 1. The van der Waals surface area contributed by atoms with Gasteiger partial charge >= 0.3 is 5.97 Å². The van der Waals surface area contributed by atoms with Crippen LogP contribution in [0.1, 0.15) is 67.0 Å². The monoisotopic (exact) mass is 453 g/mol. The summed E-state index contributed by atoms with van der Waals surface area (Å²) >= 11 is 6.34. The van der Waals surface area contributed by atoms with E-state index in [9.17, 15) is 4.79 Å². The summed E-state index contributed by atoms with van der Waals surface area (Å²) in [6, 6.07) is 15.8. The molecule has 0 amide bonds. The Hall–Kier alpha value is -2.63. The average molecular weight is 454 g/mol. The summed E-state index contributed by atoms with van der Waals surface area (Å²) in [5.74, 6) is 0.695. The van der Waals surface area contributed by atoms with E-state index in [0.29, 0.717) is 30.4 Å². The topological polar surface area (TPSA) is 70.1 Å². The number of carbonyl (C=O) groups excluding carboxylic acids is 1. The van der Waals surface area contributed by atoms with Crippen molar-refractivity contribution in [3.63, 3.8) is 0 Å². The highest BCUT2D eigenvalue weighted by atomic mass is 35.5. The zero-order chi connectivity index (χ0) is 22.9. The van der Waals surface area contributed by atoms with Gasteiger partial charge in [0.1, 0.15) is 5.82 Å². The number of aromatic nitrogens is 2. The third-order valence-electron chi connectivity index (χ3n) is 5.53. The standard InChI is InChI=1S/C26H32ClN3O2/c1-3-5-11-24-29-25(27)23(17-28)30(24)18-19-12-14-20(15-13-19)21-9-7-8-10-22(21)26(31)32-16-6-4-2/h7-10,12-15H,3-6,11,16-18,28H2,1-2H3. The van der Waals surface area contributed by atoms with Crippen LogP contribution in [0, 0.1) is 0 Å². The van der Waals surface area contributed by atoms with Gasteiger partial charge in [-0.2, -0.15) is 0 Å². The highest BCUT2D eigenvalue weighted by Gasteiger charge is 2.16. The number of hydrogen-bond acceptors (Lipinski definition) is 4. The van der Waals surface area contributed by atoms with E-state index >= 15 is 0 Å². The molecule has 0 aliphatic heterocycles. The van der Waals surface area contributed by atoms with Crippen molar-refractivity contribution >= 4 is 17.6 Å². The minimum absolute atomic E-state index is 0.278. The molecule has 1 heterocycles. The summed E-state index contributed by atoms with van der Waals surface area (Å²) < 4.78 is 7.56. The van der Waals surface area contributed by atoms with Crippen molar-refractivity contribution in [3.8, 4) is 11.1 Å². The molecule has 5 nitrogen and oxygen atoms in total. The van der Waals surface area contributed by atoms with Gasteiger partial charge in [-0.05, 0) is 35.6 Å². The molecular weight excluding hydrogens is 422 g/mol. The van der Waals surface area contributed by atoms with Gasteiger partial charge in [-0.15, -0.1) is 0 Å². The summed E-state index contributed by atoms with van der Waals surface area (Å²) in [6.45, 7) is 5.69. The second-order valence-electron chi connectivity index (χ2n) is 7.89. The number of esters is 1. The summed E-state index contributed by atoms with van der Waals surface area (Å²) in [5.41, 5.74) is 10.4. The van der Waals surface area contributed by atoms with Crippen LogP contribution in [0.15, 0.2) is 48.5 Å². The number of benzene rings is 2. The first-order valence-electron chi connectivity index (χ1n) is 11.4. The van der Waals surface area contributed by atoms with Crippen LogP contribution in [0.5, 0.6) is 0 Å². The predicted molar refractivity (Wildman–Crippen MR) is 130 cm³/mol. The number of aryl methyl sites for hydroxylation is 1. The van der Waals surface area contributed by atoms with Gasteiger partial charge in [0.15, 0.2) is 5.15 Å². The van der Waals surface area contributed by atoms with Gasteiger partial charge in [-0.3, -0.25) is 0 Å². The zero-order valence-electron chi connectivity index (χ0n) is 18.9. The van der Waals surface area contributed by atoms with E-state index in [1.807, 2.05) is 36.4 Å². The molecule has 3 aromatic rings. The van der Waals surface area contributed by atoms with Gasteiger partial charge in [-0.25, -0.2) is 9.78 Å². The maximum atomic E-state index is 12.6. The summed E-state index contributed by atoms with van der Waals surface area (Å²) in [5, 5.41) is 0.491. The van der Waals surface area contributed by atoms with E-state index < -0.39 is 0 Å². The van der Waals surface area contributed by atoms with Gasteiger partial charge < -0.3 is 15.0 Å². The van der Waals surface area contributed by atoms with Crippen molar-refractivity contribution in [3.05, 3.63) is 76.3 Å². The minimum Gasteiger partial charge on any atom is -0.462 e. The minimum atomic E-state index is -0.278. The Morgan fingerprint density at radius 1 is 1.06 bits per heavy atom. The van der Waals surface area contributed by atoms with Crippen LogP contribution < -0.4 is 5.73 Å². The summed E-state index contributed by atoms with van der Waals surface area (Å²) in [7, 11) is 0. The number of ether oxygens (including phenoxy) is 1. The number of imidazole rings is 1. The van der Waals surface area contributed by atoms with Gasteiger partial charge in [-0.1, -0.05) is 80.8 Å². The normalized spacial score (nSPS) is 11.0. The molecule has 6 heteroatoms. The molecule has 3 rings (SSSR count). The van der Waals surface area contributed by atoms with Crippen LogP contribution >= 0.6 is 11.6 Å². The number of nitrogens with zero attached hydrogens (tertiary/aromatic N) is 2. The second kappa shape index (κ2) is 11.8. The van der Waals surface area contributed by atoms with Crippen molar-refractivity contribution in [1.82, 2.24) is 9.55 Å². The summed E-state index contributed by atoms with van der Waals surface area (Å²) in [6.07, 6.45) is 4.89. The number of unbranched alkanes of at least 4 members (excludes halogenated alkanes) is 2. The number of carbonyl (C=O) groups is 1. The Kier molecular flexibility index (Phi) is 8.89. The quantitative estimate of drug-likeness (QED) is 0.285. The van der Waals surface area contributed by atoms with Crippen molar-refractivity contribution in [2.75, 3.05) is 6.61 Å². The lowest BCUT2D eigenvalue weighted by Crippen LogP contribution is -2.12. The predicted octanol–water partition coefficient (Wildman–Crippen LogP) is 6.01. The maximum Gasteiger partial charge on any atom is 0.338 e. The number of halogens is 1. The average Bonchev–Trinajstić information content (AvgIpc) is 3.12. The molecule has 0 spiro atoms. The largest absolute Gasteiger partial charge is 0.462 e. The molecule has 0 aliphatic rings. The van der Waals surface area contributed by atoms with Crippen LogP contribution in [0.2, 0.25) is 5.15 Å². The molecule has 0 aliphatic carbocycles. The molecule has 0 fully saturated rings. The maximum absolute atomic E-state index is 12.6. The van der Waals surface area contributed by atoms with E-state index in [0.717, 1.165) is 60.3 Å². The van der Waals surface area contributed by atoms with Gasteiger partial charge in [0.25, 0.3) is 0 Å². The lowest BCUT2D eigenvalue weighted by molar-refractivity contribution is 0.0500. The van der Waals surface area contributed by atoms with E-state index in [1.165, 1.54) is 0 Å². The van der Waals surface area contributed by atoms with Crippen molar-refractivity contribution in [2.45, 2.75) is 59.0 Å². The molecule has 170 valence electrons. The summed E-state index contributed by atoms with van der Waals surface area (Å²) in [4.78, 5) is 17.1. The molecular formula is C26H32ClN3O2. The fraction of sp³-hybridized carbons (Fsp3) is 0.385. The van der Waals surface area contributed by atoms with Crippen LogP contribution in [0.25, 0.3) is 11.1 Å². The van der Waals surface area contributed by atoms with Gasteiger partial charge in [0, 0.05) is 19.5 Å². The molecule has 0 atom stereocenters. The van der Waals surface area contributed by atoms with Crippen LogP contribution in [-0.4, -0.2) is 22.1 Å². The van der Waals surface area contributed by atoms with Gasteiger partial charge in [0.05, 0.1) is 17.9 Å². The molecule has 32 heavy (non-hydrogen) atoms. The van der Waals surface area contributed by atoms with Crippen LogP contribution in [-0.2, 0) is 24.2 Å². The molecule has 1 aromatic heterocycles. The van der Waals surface area contributed by atoms with E-state index in [1.54, 1.807) is 0 Å². The van der Waals surface area contributed by atoms with E-state index in [-0.39, 0.29) is 5.97 Å². The molecule has 2 N–H and O–H groups in total. The zero-order valence-corrected chi connectivity index (χ0v) is 19.7. The Labute approximate surface area is 195 Å². The molecule has 0 saturated heterocycles. The van der Waals surface area contributed by atoms with E-state index in [2.05, 4.69) is 35.5 Å². The molecule has 0 saturated carbocycles. The fourth-order valence-corrected chi connectivity index (χ4v) is 3.96. The lowest BCUT2D eigenvalue weighted by atomic mass is 9.98. The first-order valence-corrected chi connectivity index (χ1v) is 11.8. The SMILES string of the molecule is CCCCOC(=O)c1ccccc1-c1ccc(Cn2c(CCCC)nc(Cl)c2CN)cc1. The Morgan fingerprint density at radius 3 is 2.47 bits per heavy atom. The third-order valence-corrected chi connectivity index (χ3v) is 5.84. The Morgan fingerprint density at radius 2 is 1.78 bits per heavy atom. The van der Waals surface area contributed by atoms with Crippen LogP contribution in [0.3, 0.4) is 0 Å². The highest BCUT2D eigenvalue weighted by Crippen LogP contribution is 2.26. The smallest absolute Gasteiger partial charge is 0.338 e. The third kappa shape index (κ3) is 5.78. The second-order valence-corrected chi connectivity index (χ2v) is 8.25. The van der Waals surface area contributed by atoms with Crippen molar-refractivity contribution < 1.29 is 9.53 Å². The highest BCUT2D eigenvalue weighted by molar-refractivity contribution is 6.30. The molecule has 0 unspecified atom stereocenters. The lowest BCUT2D eigenvalue weighted by Gasteiger charge is -2.13. The number of nitrogens with two attached hydrogens (primary N) is 1. The Bertz CT molecular complexity index is 1030. The fourth-order valence-electron chi connectivity index (χ4n) is 3.68.